The highest BCUT2D eigenvalue weighted by molar-refractivity contribution is 7.21. The molecule has 0 N–H and O–H groups in total. The number of hydrogen-bond donors (Lipinski definition) is 0. The van der Waals surface area contributed by atoms with Crippen molar-refractivity contribution in [2.45, 2.75) is 0 Å². The van der Waals surface area contributed by atoms with Crippen molar-refractivity contribution in [1.82, 2.24) is 4.98 Å². The smallest absolute Gasteiger partial charge is 0.217 e. The average Bonchev–Trinajstić information content (AvgIpc) is 2.47. The van der Waals surface area contributed by atoms with E-state index >= 15 is 0 Å². The summed E-state index contributed by atoms with van der Waals surface area (Å²) in [4.78, 5) is 4.18. The van der Waals surface area contributed by atoms with Crippen molar-refractivity contribution in [2.75, 3.05) is 0 Å². The van der Waals surface area contributed by atoms with E-state index in [0.29, 0.717) is 5.13 Å². The molecule has 60 valence electrons. The first kappa shape index (κ1) is 7.64. The largest absolute Gasteiger partial charge is 0.232 e. The van der Waals surface area contributed by atoms with Gasteiger partial charge >= 0.3 is 0 Å². The number of para-hydroxylation sites is 1. The summed E-state index contributed by atoms with van der Waals surface area (Å²) in [5.74, 6) is 0. The van der Waals surface area contributed by atoms with Crippen LogP contribution in [0.1, 0.15) is 0 Å². The summed E-state index contributed by atoms with van der Waals surface area (Å²) in [6.07, 6.45) is 0. The lowest BCUT2D eigenvalue weighted by atomic mass is 10.3. The van der Waals surface area contributed by atoms with Crippen LogP contribution in [0.2, 0.25) is 0 Å². The lowest BCUT2D eigenvalue weighted by Crippen LogP contribution is -1.62. The third kappa shape index (κ3) is 1.31. The third-order valence-electron chi connectivity index (χ3n) is 1.41. The van der Waals surface area contributed by atoms with E-state index in [2.05, 4.69) is 14.7 Å². The Labute approximate surface area is 77.8 Å². The lowest BCUT2D eigenvalue weighted by molar-refractivity contribution is 1.28. The third-order valence-corrected chi connectivity index (χ3v) is 2.40. The molecule has 0 amide bonds. The van der Waals surface area contributed by atoms with Gasteiger partial charge in [0.2, 0.25) is 5.13 Å². The van der Waals surface area contributed by atoms with Gasteiger partial charge < -0.3 is 0 Å². The Kier molecular flexibility index (Phi) is 2.01. The van der Waals surface area contributed by atoms with Crippen molar-refractivity contribution in [1.29, 1.82) is 0 Å². The van der Waals surface area contributed by atoms with E-state index in [1.165, 1.54) is 11.3 Å². The Morgan fingerprint density at radius 2 is 2.17 bits per heavy atom. The molecule has 1 aromatic carbocycles. The summed E-state index contributed by atoms with van der Waals surface area (Å²) < 4.78 is 4.24. The molecule has 5 heteroatoms. The Balaban J connectivity index is 2.62. The van der Waals surface area contributed by atoms with Crippen LogP contribution in [0, 0.1) is 0 Å². The van der Waals surface area contributed by atoms with E-state index in [9.17, 15) is 0 Å². The summed E-state index contributed by atoms with van der Waals surface area (Å²) in [7, 11) is 0. The number of fused-ring (bicyclic) bond motifs is 1. The molecule has 0 saturated heterocycles. The van der Waals surface area contributed by atoms with Crippen molar-refractivity contribution in [2.24, 2.45) is 9.75 Å². The molecule has 0 aliphatic rings. The van der Waals surface area contributed by atoms with E-state index < -0.39 is 0 Å². The van der Waals surface area contributed by atoms with Gasteiger partial charge in [0.25, 0.3) is 0 Å². The first-order chi connectivity index (χ1) is 5.90. The molecule has 0 aliphatic carbocycles. The molecular weight excluding hydrogens is 194 g/mol. The molecule has 1 aromatic heterocycles. The Bertz CT molecular complexity index is 390. The van der Waals surface area contributed by atoms with Gasteiger partial charge in [-0.05, 0) is 12.1 Å². The summed E-state index contributed by atoms with van der Waals surface area (Å²) in [5.41, 5.74) is 0.932. The van der Waals surface area contributed by atoms with E-state index in [4.69, 9.17) is 11.8 Å². The van der Waals surface area contributed by atoms with E-state index in [1.54, 1.807) is 0 Å². The van der Waals surface area contributed by atoms with Crippen LogP contribution in [0.15, 0.2) is 34.0 Å². The highest BCUT2D eigenvalue weighted by Gasteiger charge is 1.99. The molecule has 0 bridgehead atoms. The normalized spacial score (nSPS) is 11.4. The quantitative estimate of drug-likeness (QED) is 0.645. The summed E-state index contributed by atoms with van der Waals surface area (Å²) in [6, 6.07) is 7.81. The fourth-order valence-electron chi connectivity index (χ4n) is 0.935. The van der Waals surface area contributed by atoms with Crippen LogP contribution in [-0.2, 0) is 0 Å². The second-order valence-electron chi connectivity index (χ2n) is 2.14. The number of benzene rings is 1. The minimum absolute atomic E-state index is 0.589. The minimum Gasteiger partial charge on any atom is -0.217 e. The van der Waals surface area contributed by atoms with Crippen LogP contribution in [0.3, 0.4) is 0 Å². The lowest BCUT2D eigenvalue weighted by Gasteiger charge is -1.80. The van der Waals surface area contributed by atoms with Gasteiger partial charge in [0, 0.05) is 0 Å². The van der Waals surface area contributed by atoms with Crippen molar-refractivity contribution in [3.8, 4) is 0 Å². The first-order valence-electron chi connectivity index (χ1n) is 3.28. The van der Waals surface area contributed by atoms with Crippen LogP contribution < -0.4 is 0 Å². The standard InChI is InChI=1S/C7H4ClN3S/c8-11-10-7-9-5-3-1-2-4-6(5)12-7/h1-4H/b11-10+. The van der Waals surface area contributed by atoms with Gasteiger partial charge in [0.1, 0.15) is 0 Å². The SMILES string of the molecule is Cl/N=N/c1nc2ccccc2s1. The van der Waals surface area contributed by atoms with Gasteiger partial charge in [-0.2, -0.15) is 0 Å². The van der Waals surface area contributed by atoms with Crippen molar-refractivity contribution >= 4 is 38.5 Å². The van der Waals surface area contributed by atoms with Crippen LogP contribution in [0.5, 0.6) is 0 Å². The molecule has 1 heterocycles. The second kappa shape index (κ2) is 3.16. The molecule has 0 atom stereocenters. The zero-order valence-corrected chi connectivity index (χ0v) is 7.51. The molecule has 0 radical (unpaired) electrons. The molecule has 2 rings (SSSR count). The number of rotatable bonds is 1. The summed E-state index contributed by atoms with van der Waals surface area (Å²) >= 11 is 6.55. The van der Waals surface area contributed by atoms with Gasteiger partial charge in [0.15, 0.2) is 0 Å². The van der Waals surface area contributed by atoms with Crippen LogP contribution >= 0.6 is 23.1 Å². The zero-order chi connectivity index (χ0) is 8.39. The van der Waals surface area contributed by atoms with Gasteiger partial charge in [0.05, 0.1) is 22.0 Å². The van der Waals surface area contributed by atoms with Gasteiger partial charge in [-0.15, -0.1) is 5.11 Å². The maximum atomic E-state index is 5.09. The van der Waals surface area contributed by atoms with Crippen molar-refractivity contribution in [3.63, 3.8) is 0 Å². The topological polar surface area (TPSA) is 37.6 Å². The van der Waals surface area contributed by atoms with E-state index in [0.717, 1.165) is 10.2 Å². The van der Waals surface area contributed by atoms with Gasteiger partial charge in [-0.1, -0.05) is 28.1 Å². The molecule has 0 spiro atoms. The van der Waals surface area contributed by atoms with Crippen LogP contribution in [0.4, 0.5) is 5.13 Å². The number of thiazole rings is 1. The summed E-state index contributed by atoms with van der Waals surface area (Å²) in [5, 5.41) is 4.23. The monoisotopic (exact) mass is 197 g/mol. The Morgan fingerprint density at radius 3 is 2.92 bits per heavy atom. The number of halogens is 1. The molecule has 0 unspecified atom stereocenters. The fourth-order valence-corrected chi connectivity index (χ4v) is 1.84. The maximum absolute atomic E-state index is 5.09. The van der Waals surface area contributed by atoms with Crippen molar-refractivity contribution < 1.29 is 0 Å². The summed E-state index contributed by atoms with van der Waals surface area (Å²) in [6.45, 7) is 0. The number of hydrogen-bond acceptors (Lipinski definition) is 4. The Morgan fingerprint density at radius 1 is 1.33 bits per heavy atom. The predicted octanol–water partition coefficient (Wildman–Crippen LogP) is 3.53. The number of aromatic nitrogens is 1. The average molecular weight is 198 g/mol. The molecule has 2 aromatic rings. The van der Waals surface area contributed by atoms with Crippen LogP contribution in [-0.4, -0.2) is 4.98 Å². The maximum Gasteiger partial charge on any atom is 0.232 e. The van der Waals surface area contributed by atoms with Gasteiger partial charge in [-0.25, -0.2) is 4.98 Å². The van der Waals surface area contributed by atoms with E-state index in [-0.39, 0.29) is 0 Å². The predicted molar refractivity (Wildman–Crippen MR) is 50.0 cm³/mol. The minimum atomic E-state index is 0.589. The molecular formula is C7H4ClN3S. The Hall–Kier alpha value is -1.00. The fraction of sp³-hybridized carbons (Fsp3) is 0. The zero-order valence-electron chi connectivity index (χ0n) is 5.94. The van der Waals surface area contributed by atoms with Gasteiger partial charge in [-0.3, -0.25) is 0 Å². The van der Waals surface area contributed by atoms with E-state index in [1.807, 2.05) is 24.3 Å². The molecule has 3 nitrogen and oxygen atoms in total. The van der Waals surface area contributed by atoms with Crippen LogP contribution in [0.25, 0.3) is 10.2 Å². The number of nitrogens with zero attached hydrogens (tertiary/aromatic N) is 3. The molecule has 0 saturated carbocycles. The molecule has 0 aliphatic heterocycles. The molecule has 0 fully saturated rings. The highest BCUT2D eigenvalue weighted by Crippen LogP contribution is 2.27. The highest BCUT2D eigenvalue weighted by atomic mass is 35.5. The second-order valence-corrected chi connectivity index (χ2v) is 3.30. The van der Waals surface area contributed by atoms with Crippen molar-refractivity contribution in [3.05, 3.63) is 24.3 Å². The first-order valence-corrected chi connectivity index (χ1v) is 4.43. The molecule has 12 heavy (non-hydrogen) atoms.